The molecule has 13 heteroatoms. The van der Waals surface area contributed by atoms with Crippen molar-refractivity contribution in [2.75, 3.05) is 5.32 Å². The number of benzene rings is 1. The molecular weight excluding hydrogens is 454 g/mol. The Balaban J connectivity index is 1.68. The number of aromatic nitrogens is 1. The number of rotatable bonds is 5. The predicted octanol–water partition coefficient (Wildman–Crippen LogP) is 5.32. The number of halogens is 6. The number of pyridine rings is 1. The zero-order valence-corrected chi connectivity index (χ0v) is 16.2. The van der Waals surface area contributed by atoms with Gasteiger partial charge in [0.2, 0.25) is 5.88 Å². The van der Waals surface area contributed by atoms with Gasteiger partial charge in [0.1, 0.15) is 5.75 Å². The number of nitrogens with zero attached hydrogens (tertiary/aromatic N) is 1. The smallest absolute Gasteiger partial charge is 0.406 e. The van der Waals surface area contributed by atoms with Crippen molar-refractivity contribution in [3.05, 3.63) is 41.6 Å². The van der Waals surface area contributed by atoms with Gasteiger partial charge in [0, 0.05) is 17.3 Å². The molecule has 31 heavy (non-hydrogen) atoms. The van der Waals surface area contributed by atoms with E-state index in [2.05, 4.69) is 19.2 Å². The highest BCUT2D eigenvalue weighted by molar-refractivity contribution is 7.87. The van der Waals surface area contributed by atoms with Gasteiger partial charge in [-0.2, -0.15) is 21.6 Å². The maximum atomic E-state index is 12.7. The summed E-state index contributed by atoms with van der Waals surface area (Å²) in [6.07, 6.45) is -1.80. The van der Waals surface area contributed by atoms with Crippen LogP contribution in [0.1, 0.15) is 42.2 Å². The Labute approximate surface area is 172 Å². The monoisotopic (exact) mass is 468 g/mol. The van der Waals surface area contributed by atoms with Crippen LogP contribution < -0.4 is 14.2 Å². The molecule has 0 radical (unpaired) electrons. The van der Waals surface area contributed by atoms with Crippen molar-refractivity contribution >= 4 is 21.5 Å². The van der Waals surface area contributed by atoms with Gasteiger partial charge in [-0.3, -0.25) is 0 Å². The molecule has 2 aromatic rings. The normalized spacial score (nSPS) is 20.5. The highest BCUT2D eigenvalue weighted by Crippen LogP contribution is 2.58. The number of anilines is 2. The summed E-state index contributed by atoms with van der Waals surface area (Å²) in [7, 11) is -5.89. The molecule has 2 atom stereocenters. The number of hydrogen-bond donors (Lipinski definition) is 1. The minimum absolute atomic E-state index is 0.0592. The molecule has 0 amide bonds. The fourth-order valence-corrected chi connectivity index (χ4v) is 4.54. The zero-order chi connectivity index (χ0) is 22.6. The Morgan fingerprint density at radius 1 is 1.03 bits per heavy atom. The quantitative estimate of drug-likeness (QED) is 0.364. The van der Waals surface area contributed by atoms with Crippen LogP contribution in [0.25, 0.3) is 0 Å². The first kappa shape index (κ1) is 21.5. The number of hydrogen-bond acceptors (Lipinski definition) is 6. The summed E-state index contributed by atoms with van der Waals surface area (Å²) >= 11 is 0. The van der Waals surface area contributed by atoms with E-state index in [0.29, 0.717) is 24.1 Å². The van der Waals surface area contributed by atoms with Gasteiger partial charge in [-0.25, -0.2) is 4.98 Å². The van der Waals surface area contributed by atoms with Crippen LogP contribution in [0.4, 0.5) is 37.7 Å². The van der Waals surface area contributed by atoms with E-state index in [-0.39, 0.29) is 23.1 Å². The predicted molar refractivity (Wildman–Crippen MR) is 95.6 cm³/mol. The van der Waals surface area contributed by atoms with Crippen molar-refractivity contribution in [1.29, 1.82) is 0 Å². The first-order valence-electron chi connectivity index (χ1n) is 9.00. The molecule has 4 rings (SSSR count). The Bertz CT molecular complexity index is 1120. The van der Waals surface area contributed by atoms with Crippen LogP contribution in [0.2, 0.25) is 0 Å². The number of fused-ring (bicyclic) bond motifs is 5. The Morgan fingerprint density at radius 2 is 1.71 bits per heavy atom. The van der Waals surface area contributed by atoms with E-state index in [4.69, 9.17) is 0 Å². The second-order valence-corrected chi connectivity index (χ2v) is 8.73. The summed E-state index contributed by atoms with van der Waals surface area (Å²) in [6.45, 7) is 0. The molecule has 1 fully saturated rings. The third-order valence-electron chi connectivity index (χ3n) is 5.19. The van der Waals surface area contributed by atoms with Gasteiger partial charge in [0.15, 0.2) is 0 Å². The molecule has 1 aromatic carbocycles. The van der Waals surface area contributed by atoms with E-state index in [1.807, 2.05) is 0 Å². The van der Waals surface area contributed by atoms with E-state index < -0.39 is 33.6 Å². The van der Waals surface area contributed by atoms with Crippen molar-refractivity contribution in [2.24, 2.45) is 0 Å². The average molecular weight is 468 g/mol. The van der Waals surface area contributed by atoms with Gasteiger partial charge in [0.05, 0.1) is 11.9 Å². The third-order valence-corrected chi connectivity index (χ3v) is 6.13. The maximum absolute atomic E-state index is 12.7. The summed E-state index contributed by atoms with van der Waals surface area (Å²) in [5.41, 5.74) is -4.19. The molecule has 0 spiro atoms. The molecule has 1 heterocycles. The molecule has 2 unspecified atom stereocenters. The molecule has 6 nitrogen and oxygen atoms in total. The fourth-order valence-electron chi connectivity index (χ4n) is 4.11. The summed E-state index contributed by atoms with van der Waals surface area (Å²) in [5, 5.41) is 2.90. The van der Waals surface area contributed by atoms with Crippen molar-refractivity contribution in [3.63, 3.8) is 0 Å². The lowest BCUT2D eigenvalue weighted by Gasteiger charge is -2.22. The largest absolute Gasteiger partial charge is 0.573 e. The van der Waals surface area contributed by atoms with E-state index >= 15 is 0 Å². The van der Waals surface area contributed by atoms with Crippen LogP contribution in [0.5, 0.6) is 11.6 Å². The molecule has 168 valence electrons. The van der Waals surface area contributed by atoms with E-state index in [9.17, 15) is 34.8 Å². The third kappa shape index (κ3) is 4.23. The summed E-state index contributed by atoms with van der Waals surface area (Å²) < 4.78 is 107. The molecule has 1 saturated carbocycles. The summed E-state index contributed by atoms with van der Waals surface area (Å²) in [5.74, 6) is -1.36. The fraction of sp³-hybridized carbons (Fsp3) is 0.389. The maximum Gasteiger partial charge on any atom is 0.573 e. The zero-order valence-electron chi connectivity index (χ0n) is 15.4. The molecule has 1 aromatic heterocycles. The highest BCUT2D eigenvalue weighted by Gasteiger charge is 2.50. The van der Waals surface area contributed by atoms with Crippen LogP contribution in [-0.2, 0) is 10.1 Å². The van der Waals surface area contributed by atoms with E-state index in [1.54, 1.807) is 0 Å². The van der Waals surface area contributed by atoms with Gasteiger partial charge in [-0.15, -0.1) is 13.2 Å². The van der Waals surface area contributed by atoms with Gasteiger partial charge in [-0.1, -0.05) is 6.07 Å². The first-order valence-corrected chi connectivity index (χ1v) is 10.4. The van der Waals surface area contributed by atoms with Crippen molar-refractivity contribution in [2.45, 2.75) is 43.0 Å². The summed E-state index contributed by atoms with van der Waals surface area (Å²) in [4.78, 5) is 3.77. The Kier molecular flexibility index (Phi) is 4.98. The molecule has 0 aliphatic heterocycles. The molecule has 2 aliphatic rings. The Hall–Kier alpha value is -2.70. The summed E-state index contributed by atoms with van der Waals surface area (Å²) in [6, 6.07) is 5.02. The van der Waals surface area contributed by atoms with Gasteiger partial charge in [0.25, 0.3) is 0 Å². The lowest BCUT2D eigenvalue weighted by molar-refractivity contribution is -0.274. The van der Waals surface area contributed by atoms with Crippen LogP contribution in [0.3, 0.4) is 0 Å². The molecule has 1 N–H and O–H groups in total. The minimum atomic E-state index is -5.89. The van der Waals surface area contributed by atoms with Crippen LogP contribution >= 0.6 is 0 Å². The second-order valence-electron chi connectivity index (χ2n) is 7.20. The lowest BCUT2D eigenvalue weighted by atomic mass is 9.91. The highest BCUT2D eigenvalue weighted by atomic mass is 32.2. The molecular formula is C18H14F6N2O4S. The van der Waals surface area contributed by atoms with Gasteiger partial charge < -0.3 is 14.2 Å². The van der Waals surface area contributed by atoms with Gasteiger partial charge >= 0.3 is 22.0 Å². The number of nitrogens with one attached hydrogen (secondary N) is 1. The molecule has 2 aliphatic carbocycles. The van der Waals surface area contributed by atoms with Crippen LogP contribution in [0, 0.1) is 0 Å². The minimum Gasteiger partial charge on any atom is -0.406 e. The standard InChI is InChI=1S/C18H14F6N2O4S/c19-17(20,21)29-12-3-1-2-11(7-12)26-13-8-25-16(30-31(27,28)18(22,23)24)15-10-5-4-9(6-10)14(13)15/h1-3,7-10,26H,4-6H2. The van der Waals surface area contributed by atoms with Crippen LogP contribution in [-0.4, -0.2) is 25.3 Å². The van der Waals surface area contributed by atoms with Crippen molar-refractivity contribution in [3.8, 4) is 11.6 Å². The SMILES string of the molecule is O=S(=O)(Oc1ncc(Nc2cccc(OC(F)(F)F)c2)c2c1C1CCC2C1)C(F)(F)F. The average Bonchev–Trinajstić information content (AvgIpc) is 3.24. The molecule has 0 saturated heterocycles. The topological polar surface area (TPSA) is 77.5 Å². The Morgan fingerprint density at radius 3 is 2.35 bits per heavy atom. The van der Waals surface area contributed by atoms with Gasteiger partial charge in [-0.05, 0) is 48.8 Å². The second kappa shape index (κ2) is 7.18. The number of alkyl halides is 6. The molecule has 2 bridgehead atoms. The first-order chi connectivity index (χ1) is 14.3. The van der Waals surface area contributed by atoms with E-state index in [0.717, 1.165) is 24.8 Å². The van der Waals surface area contributed by atoms with Crippen molar-refractivity contribution in [1.82, 2.24) is 4.98 Å². The van der Waals surface area contributed by atoms with Crippen LogP contribution in [0.15, 0.2) is 30.5 Å². The number of ether oxygens (including phenoxy) is 1. The lowest BCUT2D eigenvalue weighted by Crippen LogP contribution is -2.29. The van der Waals surface area contributed by atoms with E-state index in [1.165, 1.54) is 12.1 Å². The van der Waals surface area contributed by atoms with Crippen molar-refractivity contribution < 1.29 is 43.7 Å².